The van der Waals surface area contributed by atoms with Crippen LogP contribution in [0.1, 0.15) is 25.7 Å². The topological polar surface area (TPSA) is 110 Å². The van der Waals surface area contributed by atoms with Crippen molar-refractivity contribution in [3.05, 3.63) is 316 Å². The van der Waals surface area contributed by atoms with Gasteiger partial charge in [0.05, 0.1) is 60.2 Å². The van der Waals surface area contributed by atoms with Gasteiger partial charge in [0.1, 0.15) is 23.0 Å². The van der Waals surface area contributed by atoms with Crippen LogP contribution in [0.25, 0.3) is 154 Å². The minimum Gasteiger partial charge on any atom is -1.00 e. The summed E-state index contributed by atoms with van der Waals surface area (Å²) in [6.07, 6.45) is 20.0. The molecule has 0 spiro atoms. The quantitative estimate of drug-likeness (QED) is 0.0523. The van der Waals surface area contributed by atoms with Crippen molar-refractivity contribution in [2.75, 3.05) is 26.4 Å². The van der Waals surface area contributed by atoms with Crippen LogP contribution in [0.3, 0.4) is 0 Å². The summed E-state index contributed by atoms with van der Waals surface area (Å²) in [7, 11) is 0. The van der Waals surface area contributed by atoms with Gasteiger partial charge in [-0.1, -0.05) is 121 Å². The summed E-state index contributed by atoms with van der Waals surface area (Å²) >= 11 is 0. The van der Waals surface area contributed by atoms with Crippen LogP contribution in [0.4, 0.5) is 0 Å². The highest BCUT2D eigenvalue weighted by molar-refractivity contribution is 6.21. The second kappa shape index (κ2) is 34.1. The van der Waals surface area contributed by atoms with E-state index in [9.17, 15) is 0 Å². The fourth-order valence-corrected chi connectivity index (χ4v) is 15.8. The van der Waals surface area contributed by atoms with E-state index in [1.807, 2.05) is 24.3 Å². The zero-order chi connectivity index (χ0) is 71.7. The second-order valence-corrected chi connectivity index (χ2v) is 28.2. The number of hydrogen-bond donors (Lipinski definition) is 2. The van der Waals surface area contributed by atoms with Crippen molar-refractivity contribution < 1.29 is 105 Å². The van der Waals surface area contributed by atoms with Crippen LogP contribution >= 0.6 is 0 Å². The summed E-state index contributed by atoms with van der Waals surface area (Å²) in [5, 5.41) is 13.0. The number of pyridine rings is 4. The van der Waals surface area contributed by atoms with Gasteiger partial charge in [0.25, 0.3) is 0 Å². The van der Waals surface area contributed by atoms with Crippen molar-refractivity contribution in [1.29, 1.82) is 0 Å². The smallest absolute Gasteiger partial charge is 0.168 e. The predicted octanol–water partition coefficient (Wildman–Crippen LogP) is 8.28. The minimum atomic E-state index is 0. The molecule has 16 heteroatoms. The highest BCUT2D eigenvalue weighted by atomic mass is 79.9. The van der Waals surface area contributed by atoms with Crippen molar-refractivity contribution in [3.63, 3.8) is 0 Å². The van der Waals surface area contributed by atoms with Crippen molar-refractivity contribution >= 4 is 86.7 Å². The molecule has 0 atom stereocenters. The molecule has 0 amide bonds. The second-order valence-electron chi connectivity index (χ2n) is 28.2. The van der Waals surface area contributed by atoms with Gasteiger partial charge < -0.3 is 96.8 Å². The first-order chi connectivity index (χ1) is 53.5. The number of ether oxygens (including phenoxy) is 4. The Morgan fingerprint density at radius 2 is 0.518 bits per heavy atom. The Labute approximate surface area is 691 Å². The first kappa shape index (κ1) is 76.0. The molecule has 7 aromatic heterocycles. The van der Waals surface area contributed by atoms with Crippen molar-refractivity contribution in [3.8, 4) is 90.3 Å². The predicted molar refractivity (Wildman–Crippen MR) is 433 cm³/mol. The third-order valence-electron chi connectivity index (χ3n) is 21.0. The molecular weight excluding hydrogens is 1650 g/mol. The van der Waals surface area contributed by atoms with Gasteiger partial charge in [-0.05, 0) is 139 Å². The first-order valence-electron chi connectivity index (χ1n) is 37.6. The van der Waals surface area contributed by atoms with Gasteiger partial charge in [0.15, 0.2) is 75.8 Å². The number of hydrogen-bond acceptors (Lipinski definition) is 6. The van der Waals surface area contributed by atoms with E-state index in [0.29, 0.717) is 49.4 Å². The minimum absolute atomic E-state index is 0. The van der Waals surface area contributed by atoms with E-state index in [4.69, 9.17) is 28.9 Å². The third kappa shape index (κ3) is 15.7. The van der Waals surface area contributed by atoms with E-state index in [0.717, 1.165) is 206 Å². The van der Waals surface area contributed by atoms with E-state index in [1.165, 1.54) is 0 Å². The molecule has 17 aromatic rings. The van der Waals surface area contributed by atoms with Crippen LogP contribution in [0, 0.1) is 0 Å². The highest BCUT2D eigenvalue weighted by Crippen LogP contribution is 2.51. The van der Waals surface area contributed by atoms with Crippen LogP contribution in [0.15, 0.2) is 316 Å². The molecule has 554 valence electrons. The Morgan fingerprint density at radius 3 is 0.804 bits per heavy atom. The van der Waals surface area contributed by atoms with Crippen molar-refractivity contribution in [2.45, 2.75) is 51.9 Å². The molecule has 10 aromatic carbocycles. The zero-order valence-electron chi connectivity index (χ0n) is 61.3. The molecule has 0 radical (unpaired) electrons. The molecule has 9 heterocycles. The molecule has 0 aliphatic carbocycles. The SMILES string of the molecule is [Br-].[Br-].[Br-].[Br-].c1cc[n+](CCCOc2cc(OCCC[n+]3ccccc3)cc(-c3c4nc(cc5[nH]c(c(-c6cc(OCCC[n+]7ccccc7)cc(OCCC[n+]7ccccc7)c6)c6nc(cc7[nH]c3c3cc8ccccc8cc73)-c3cc7ccccc7cc3-6)c3cc6ccccc6cc53)-c3cc5ccccc5cc3-4)c2)cc1. The summed E-state index contributed by atoms with van der Waals surface area (Å²) < 4.78 is 36.6. The van der Waals surface area contributed by atoms with Gasteiger partial charge in [-0.15, -0.1) is 0 Å². The Bertz CT molecular complexity index is 5960. The number of aromatic nitrogens is 8. The molecule has 2 aliphatic rings. The van der Waals surface area contributed by atoms with Crippen LogP contribution in [-0.4, -0.2) is 46.4 Å². The van der Waals surface area contributed by atoms with E-state index < -0.39 is 0 Å². The molecule has 112 heavy (non-hydrogen) atoms. The number of H-pyrrole nitrogens is 2. The Kier molecular flexibility index (Phi) is 23.1. The van der Waals surface area contributed by atoms with Gasteiger partial charge in [0.2, 0.25) is 0 Å². The molecule has 2 N–H and O–H groups in total. The van der Waals surface area contributed by atoms with E-state index in [2.05, 4.69) is 320 Å². The van der Waals surface area contributed by atoms with Crippen LogP contribution in [0.2, 0.25) is 0 Å². The summed E-state index contributed by atoms with van der Waals surface area (Å²) in [4.78, 5) is 20.7. The molecule has 0 saturated carbocycles. The van der Waals surface area contributed by atoms with E-state index in [1.54, 1.807) is 0 Å². The van der Waals surface area contributed by atoms with Gasteiger partial charge in [0, 0.05) is 152 Å². The fraction of sp³-hybridized carbons (Fsp3) is 0.125. The summed E-state index contributed by atoms with van der Waals surface area (Å²) in [6, 6.07) is 95.6. The molecule has 12 nitrogen and oxygen atoms in total. The normalized spacial score (nSPS) is 11.4. The average Bonchev–Trinajstić information content (AvgIpc) is 1.56. The maximum absolute atomic E-state index is 6.95. The molecule has 19 rings (SSSR count). The number of halogens is 4. The van der Waals surface area contributed by atoms with Crippen molar-refractivity contribution in [1.82, 2.24) is 19.9 Å². The molecule has 0 unspecified atom stereocenters. The van der Waals surface area contributed by atoms with Crippen LogP contribution in [-0.2, 0) is 26.2 Å². The number of fused-ring (bicyclic) bond motifs is 24. The highest BCUT2D eigenvalue weighted by Gasteiger charge is 2.29. The zero-order valence-corrected chi connectivity index (χ0v) is 67.7. The maximum Gasteiger partial charge on any atom is 0.168 e. The van der Waals surface area contributed by atoms with E-state index >= 15 is 0 Å². The number of aryl methyl sites for hydroxylation is 4. The number of nitrogens with one attached hydrogen (secondary N) is 2. The lowest BCUT2D eigenvalue weighted by Crippen LogP contribution is -3.00. The number of rotatable bonds is 22. The van der Waals surface area contributed by atoms with Gasteiger partial charge >= 0.3 is 0 Å². The lowest BCUT2D eigenvalue weighted by molar-refractivity contribution is -0.697. The lowest BCUT2D eigenvalue weighted by Gasteiger charge is -2.14. The van der Waals surface area contributed by atoms with E-state index in [-0.39, 0.29) is 67.9 Å². The molecule has 0 saturated heterocycles. The van der Waals surface area contributed by atoms with Gasteiger partial charge in [-0.3, -0.25) is 0 Å². The number of benzene rings is 10. The number of nitrogens with zero attached hydrogens (tertiary/aromatic N) is 6. The Hall–Kier alpha value is -11.4. The average molecular weight is 1730 g/mol. The monoisotopic (exact) mass is 1720 g/mol. The lowest BCUT2D eigenvalue weighted by atomic mass is 9.93. The van der Waals surface area contributed by atoms with Gasteiger partial charge in [-0.25, -0.2) is 28.2 Å². The van der Waals surface area contributed by atoms with Crippen LogP contribution < -0.4 is 105 Å². The van der Waals surface area contributed by atoms with Crippen molar-refractivity contribution in [2.24, 2.45) is 0 Å². The largest absolute Gasteiger partial charge is 1.00 e. The van der Waals surface area contributed by atoms with Crippen LogP contribution in [0.5, 0.6) is 23.0 Å². The Balaban J connectivity index is 0.00000248. The molecule has 0 fully saturated rings. The molecule has 8 bridgehead atoms. The maximum atomic E-state index is 6.95. The third-order valence-corrected chi connectivity index (χ3v) is 21.0. The molecular formula is C96H78Br4N8O4. The Morgan fingerprint density at radius 1 is 0.259 bits per heavy atom. The molecule has 2 aliphatic heterocycles. The summed E-state index contributed by atoms with van der Waals surface area (Å²) in [5.74, 6) is 2.82. The summed E-state index contributed by atoms with van der Waals surface area (Å²) in [6.45, 7) is 5.16. The first-order valence-corrected chi connectivity index (χ1v) is 37.6. The number of aromatic amines is 2. The van der Waals surface area contributed by atoms with Gasteiger partial charge in [-0.2, -0.15) is 0 Å². The standard InChI is InChI=1S/C96H78N8O4.4BrH/c1-13-33-101(34-14-1)41-21-45-105-75-49-73(50-76(61-75)106-46-22-42-102-35-15-2-16-36-102)91-93-83-57-69-29-9-5-25-65(69)53-79(83)87(97-93)63-89-81-55-67-27-7-11-31-71(67)59-85(81)95(99-89)92(74-51-77(107-47-23-43-103-37-17-3-18-38-103)62-78(52-74)108-48-24-44-104-39-19-4-20-40-104)96-86-60-72-32-12-8-28-68(72)56-82(86)90(100-96)64-88-80-54-66-26-6-10-30-70(66)58-84(80)94(91)98-88;;;;/h1-20,25-40,49-64,97,100H,21-24,41-48H2;4*1H/q+4;;;;/p-4. The fourth-order valence-electron chi connectivity index (χ4n) is 15.8. The summed E-state index contributed by atoms with van der Waals surface area (Å²) in [5.41, 5.74) is 14.5.